The molecule has 0 aliphatic carbocycles. The molecule has 0 spiro atoms. The summed E-state index contributed by atoms with van der Waals surface area (Å²) in [6, 6.07) is -0.828. The first-order valence-corrected chi connectivity index (χ1v) is 21.6. The molecule has 49 heavy (non-hydrogen) atoms. The fraction of sp³-hybridized carbons (Fsp3) is 0.886. The van der Waals surface area contributed by atoms with Gasteiger partial charge in [0.2, 0.25) is 5.91 Å². The van der Waals surface area contributed by atoms with Crippen LogP contribution in [0.25, 0.3) is 0 Å². The minimum Gasteiger partial charge on any atom is -0.394 e. The maximum absolute atomic E-state index is 12.4. The second kappa shape index (κ2) is 39.6. The molecular weight excluding hydrogens is 606 g/mol. The number of allylic oxidation sites excluding steroid dienone is 4. The predicted octanol–water partition coefficient (Wildman–Crippen LogP) is 12.2. The van der Waals surface area contributed by atoms with Crippen LogP contribution in [0.5, 0.6) is 0 Å². The average Bonchev–Trinajstić information content (AvgIpc) is 3.10. The first kappa shape index (κ1) is 47.8. The summed E-state index contributed by atoms with van der Waals surface area (Å²) in [6.45, 7) is 4.17. The largest absolute Gasteiger partial charge is 0.394 e. The van der Waals surface area contributed by atoms with Crippen molar-refractivity contribution in [3.8, 4) is 0 Å². The lowest BCUT2D eigenvalue weighted by molar-refractivity contribution is -0.124. The van der Waals surface area contributed by atoms with E-state index in [1.165, 1.54) is 154 Å². The molecule has 0 bridgehead atoms. The maximum Gasteiger partial charge on any atom is 0.220 e. The Kier molecular flexibility index (Phi) is 38.7. The molecule has 0 rings (SSSR count). The van der Waals surface area contributed by atoms with Gasteiger partial charge in [-0.25, -0.2) is 0 Å². The molecule has 0 fully saturated rings. The molecule has 5 heteroatoms. The molecule has 290 valence electrons. The Morgan fingerprint density at radius 2 is 0.837 bits per heavy atom. The molecule has 3 atom stereocenters. The van der Waals surface area contributed by atoms with Crippen molar-refractivity contribution in [1.29, 1.82) is 0 Å². The smallest absolute Gasteiger partial charge is 0.220 e. The van der Waals surface area contributed by atoms with E-state index in [1.807, 2.05) is 0 Å². The van der Waals surface area contributed by atoms with Gasteiger partial charge in [0.05, 0.1) is 18.8 Å². The second-order valence-electron chi connectivity index (χ2n) is 14.9. The van der Waals surface area contributed by atoms with Crippen LogP contribution in [0.1, 0.15) is 226 Å². The van der Waals surface area contributed by atoms with E-state index in [-0.39, 0.29) is 12.5 Å². The van der Waals surface area contributed by atoms with E-state index >= 15 is 0 Å². The van der Waals surface area contributed by atoms with Gasteiger partial charge < -0.3 is 20.6 Å². The molecule has 1 amide bonds. The number of aliphatic hydroxyl groups is 3. The van der Waals surface area contributed by atoms with Gasteiger partial charge in [0.1, 0.15) is 6.10 Å². The fourth-order valence-electron chi connectivity index (χ4n) is 6.65. The Balaban J connectivity index is 3.68. The van der Waals surface area contributed by atoms with Crippen LogP contribution in [0.2, 0.25) is 0 Å². The minimum absolute atomic E-state index is 0.156. The van der Waals surface area contributed by atoms with Crippen LogP contribution in [0.15, 0.2) is 24.3 Å². The third kappa shape index (κ3) is 35.0. The van der Waals surface area contributed by atoms with E-state index in [2.05, 4.69) is 43.5 Å². The van der Waals surface area contributed by atoms with Crippen LogP contribution in [-0.4, -0.2) is 46.1 Å². The molecule has 0 aliphatic rings. The van der Waals surface area contributed by atoms with E-state index in [1.54, 1.807) is 0 Å². The number of nitrogens with one attached hydrogen (secondary N) is 1. The lowest BCUT2D eigenvalue weighted by Gasteiger charge is -2.26. The third-order valence-electron chi connectivity index (χ3n) is 10.0. The van der Waals surface area contributed by atoms with Crippen molar-refractivity contribution < 1.29 is 20.1 Å². The highest BCUT2D eigenvalue weighted by Gasteiger charge is 2.26. The summed E-state index contributed by atoms with van der Waals surface area (Å²) in [4.78, 5) is 12.4. The molecule has 0 aromatic rings. The molecule has 0 saturated carbocycles. The number of carbonyl (C=O) groups is 1. The Bertz CT molecular complexity index is 724. The molecule has 0 aromatic heterocycles. The van der Waals surface area contributed by atoms with Crippen LogP contribution in [-0.2, 0) is 4.79 Å². The molecule has 0 aromatic carbocycles. The summed E-state index contributed by atoms with van der Waals surface area (Å²) in [5.41, 5.74) is 0. The normalized spacial score (nSPS) is 13.8. The highest BCUT2D eigenvalue weighted by atomic mass is 16.3. The minimum atomic E-state index is -1.16. The SMILES string of the molecule is CCCCCCCCCC/C=C/CC/C=C/CCCC(O)C(O)C(CO)NC(=O)CCCCCCCCCCCCCCCCCCCC. The van der Waals surface area contributed by atoms with Gasteiger partial charge in [-0.3, -0.25) is 4.79 Å². The summed E-state index contributed by atoms with van der Waals surface area (Å²) in [7, 11) is 0. The summed E-state index contributed by atoms with van der Waals surface area (Å²) in [6.07, 6.45) is 47.1. The van der Waals surface area contributed by atoms with Gasteiger partial charge >= 0.3 is 0 Å². The topological polar surface area (TPSA) is 89.8 Å². The van der Waals surface area contributed by atoms with E-state index in [4.69, 9.17) is 0 Å². The van der Waals surface area contributed by atoms with E-state index in [9.17, 15) is 20.1 Å². The van der Waals surface area contributed by atoms with Crippen LogP contribution in [0.4, 0.5) is 0 Å². The summed E-state index contributed by atoms with van der Waals surface area (Å²) >= 11 is 0. The summed E-state index contributed by atoms with van der Waals surface area (Å²) < 4.78 is 0. The van der Waals surface area contributed by atoms with Crippen LogP contribution in [0, 0.1) is 0 Å². The molecule has 0 radical (unpaired) electrons. The summed E-state index contributed by atoms with van der Waals surface area (Å²) in [5, 5.41) is 33.5. The van der Waals surface area contributed by atoms with Gasteiger partial charge in [-0.15, -0.1) is 0 Å². The van der Waals surface area contributed by atoms with Crippen LogP contribution < -0.4 is 5.32 Å². The fourth-order valence-corrected chi connectivity index (χ4v) is 6.65. The Morgan fingerprint density at radius 3 is 1.24 bits per heavy atom. The molecule has 0 aliphatic heterocycles. The molecular formula is C44H85NO4. The number of hydrogen-bond donors (Lipinski definition) is 4. The Labute approximate surface area is 305 Å². The van der Waals surface area contributed by atoms with Crippen LogP contribution >= 0.6 is 0 Å². The van der Waals surface area contributed by atoms with Crippen molar-refractivity contribution in [3.63, 3.8) is 0 Å². The zero-order valence-corrected chi connectivity index (χ0v) is 32.8. The lowest BCUT2D eigenvalue weighted by Crippen LogP contribution is -2.50. The van der Waals surface area contributed by atoms with Crippen molar-refractivity contribution in [1.82, 2.24) is 5.32 Å². The number of amides is 1. The lowest BCUT2D eigenvalue weighted by atomic mass is 10.0. The Morgan fingerprint density at radius 1 is 0.490 bits per heavy atom. The first-order valence-electron chi connectivity index (χ1n) is 21.6. The molecule has 0 saturated heterocycles. The van der Waals surface area contributed by atoms with Gasteiger partial charge in [-0.05, 0) is 51.4 Å². The highest BCUT2D eigenvalue weighted by Crippen LogP contribution is 2.15. The highest BCUT2D eigenvalue weighted by molar-refractivity contribution is 5.76. The van der Waals surface area contributed by atoms with Crippen molar-refractivity contribution in [3.05, 3.63) is 24.3 Å². The van der Waals surface area contributed by atoms with Crippen LogP contribution in [0.3, 0.4) is 0 Å². The predicted molar refractivity (Wildman–Crippen MR) is 213 cm³/mol. The van der Waals surface area contributed by atoms with Gasteiger partial charge in [0, 0.05) is 6.42 Å². The first-order chi connectivity index (χ1) is 24.1. The van der Waals surface area contributed by atoms with Gasteiger partial charge in [-0.1, -0.05) is 192 Å². The molecule has 3 unspecified atom stereocenters. The maximum atomic E-state index is 12.4. The Hall–Kier alpha value is -1.17. The number of rotatable bonds is 39. The second-order valence-corrected chi connectivity index (χ2v) is 14.9. The average molecular weight is 692 g/mol. The van der Waals surface area contributed by atoms with Gasteiger partial charge in [0.15, 0.2) is 0 Å². The number of unbranched alkanes of at least 4 members (excludes halogenated alkanes) is 27. The van der Waals surface area contributed by atoms with E-state index in [0.717, 1.165) is 44.9 Å². The molecule has 0 heterocycles. The van der Waals surface area contributed by atoms with Crippen molar-refractivity contribution >= 4 is 5.91 Å². The van der Waals surface area contributed by atoms with Crippen molar-refractivity contribution in [2.24, 2.45) is 0 Å². The number of hydrogen-bond acceptors (Lipinski definition) is 4. The number of carbonyl (C=O) groups excluding carboxylic acids is 1. The number of aliphatic hydroxyl groups excluding tert-OH is 3. The summed E-state index contributed by atoms with van der Waals surface area (Å²) in [5.74, 6) is -0.156. The van der Waals surface area contributed by atoms with Gasteiger partial charge in [0.25, 0.3) is 0 Å². The quantitative estimate of drug-likeness (QED) is 0.0381. The zero-order valence-electron chi connectivity index (χ0n) is 32.8. The van der Waals surface area contributed by atoms with Crippen molar-refractivity contribution in [2.75, 3.05) is 6.61 Å². The molecule has 5 nitrogen and oxygen atoms in total. The van der Waals surface area contributed by atoms with E-state index in [0.29, 0.717) is 12.8 Å². The van der Waals surface area contributed by atoms with E-state index < -0.39 is 18.2 Å². The zero-order chi connectivity index (χ0) is 35.9. The van der Waals surface area contributed by atoms with Crippen molar-refractivity contribution in [2.45, 2.75) is 244 Å². The third-order valence-corrected chi connectivity index (χ3v) is 10.0. The van der Waals surface area contributed by atoms with Gasteiger partial charge in [-0.2, -0.15) is 0 Å². The monoisotopic (exact) mass is 692 g/mol. The standard InChI is InChI=1S/C44H85NO4/c1-3-5-7-9-11-13-15-17-19-21-23-25-27-29-31-33-35-37-39-43(48)45-41(40-46)44(49)42(47)38-36-34-32-30-28-26-24-22-20-18-16-14-12-10-8-6-4-2/h22,24,30,32,41-42,44,46-47,49H,3-21,23,25-29,31,33-40H2,1-2H3,(H,45,48)/b24-22+,32-30+. The molecule has 4 N–H and O–H groups in total.